The van der Waals surface area contributed by atoms with Crippen molar-refractivity contribution in [1.82, 2.24) is 0 Å². The Balaban J connectivity index is 2.63. The lowest BCUT2D eigenvalue weighted by Crippen LogP contribution is -2.31. The van der Waals surface area contributed by atoms with Crippen LogP contribution in [0.1, 0.15) is 51.7 Å². The van der Waals surface area contributed by atoms with Gasteiger partial charge in [-0.15, -0.1) is 0 Å². The van der Waals surface area contributed by atoms with Crippen molar-refractivity contribution >= 4 is 11.9 Å². The van der Waals surface area contributed by atoms with Crippen molar-refractivity contribution in [1.29, 1.82) is 0 Å². The predicted octanol–water partition coefficient (Wildman–Crippen LogP) is 4.93. The molecule has 0 spiro atoms. The zero-order chi connectivity index (χ0) is 15.1. The molecule has 0 aromatic heterocycles. The molecule has 20 heavy (non-hydrogen) atoms. The van der Waals surface area contributed by atoms with Crippen molar-refractivity contribution < 1.29 is 9.18 Å². The third kappa shape index (κ3) is 2.70. The quantitative estimate of drug-likeness (QED) is 0.699. The average molecular weight is 274 g/mol. The lowest BCUT2D eigenvalue weighted by atomic mass is 9.62. The fourth-order valence-electron chi connectivity index (χ4n) is 3.66. The molecular formula is C18H23FO. The van der Waals surface area contributed by atoms with E-state index >= 15 is 0 Å². The fourth-order valence-corrected chi connectivity index (χ4v) is 3.66. The van der Waals surface area contributed by atoms with Crippen LogP contribution in [0, 0.1) is 23.6 Å². The lowest BCUT2D eigenvalue weighted by molar-refractivity contribution is -0.106. The van der Waals surface area contributed by atoms with Gasteiger partial charge in [-0.25, -0.2) is 4.39 Å². The number of benzene rings is 1. The molecule has 1 aromatic rings. The second-order valence-electron chi connectivity index (χ2n) is 7.38. The Morgan fingerprint density at radius 1 is 1.20 bits per heavy atom. The summed E-state index contributed by atoms with van der Waals surface area (Å²) in [6, 6.07) is 5.14. The largest absolute Gasteiger partial charge is 0.298 e. The lowest BCUT2D eigenvalue weighted by Gasteiger charge is -2.42. The smallest absolute Gasteiger partial charge is 0.146 e. The molecule has 0 fully saturated rings. The van der Waals surface area contributed by atoms with Crippen LogP contribution in [0.2, 0.25) is 0 Å². The molecule has 0 heterocycles. The van der Waals surface area contributed by atoms with E-state index < -0.39 is 0 Å². The van der Waals surface area contributed by atoms with Crippen molar-refractivity contribution in [3.63, 3.8) is 0 Å². The molecule has 0 amide bonds. The predicted molar refractivity (Wildman–Crippen MR) is 80.9 cm³/mol. The van der Waals surface area contributed by atoms with Crippen molar-refractivity contribution in [2.24, 2.45) is 10.8 Å². The minimum absolute atomic E-state index is 0.138. The summed E-state index contributed by atoms with van der Waals surface area (Å²) in [4.78, 5) is 11.6. The van der Waals surface area contributed by atoms with Gasteiger partial charge in [0.25, 0.3) is 0 Å². The standard InChI is InChI=1S/C18H23FO/c1-12-8-13(6-7-16(12)19)14-9-17(2,3)11-18(4,5)15(14)10-20/h6-8,10H,9,11H2,1-5H3. The molecule has 1 nitrogen and oxygen atoms in total. The molecule has 0 unspecified atom stereocenters. The van der Waals surface area contributed by atoms with Gasteiger partial charge in [0.05, 0.1) is 0 Å². The molecular weight excluding hydrogens is 251 g/mol. The summed E-state index contributed by atoms with van der Waals surface area (Å²) >= 11 is 0. The highest BCUT2D eigenvalue weighted by atomic mass is 19.1. The van der Waals surface area contributed by atoms with E-state index in [0.717, 1.165) is 35.8 Å². The summed E-state index contributed by atoms with van der Waals surface area (Å²) < 4.78 is 13.5. The van der Waals surface area contributed by atoms with Gasteiger partial charge in [0.2, 0.25) is 0 Å². The summed E-state index contributed by atoms with van der Waals surface area (Å²) in [5.74, 6) is -0.198. The number of carbonyl (C=O) groups is 1. The van der Waals surface area contributed by atoms with Crippen LogP contribution < -0.4 is 0 Å². The molecule has 1 aliphatic carbocycles. The van der Waals surface area contributed by atoms with E-state index in [-0.39, 0.29) is 16.6 Å². The Morgan fingerprint density at radius 3 is 2.40 bits per heavy atom. The van der Waals surface area contributed by atoms with Crippen molar-refractivity contribution in [2.45, 2.75) is 47.5 Å². The van der Waals surface area contributed by atoms with E-state index in [2.05, 4.69) is 27.7 Å². The zero-order valence-corrected chi connectivity index (χ0v) is 13.0. The van der Waals surface area contributed by atoms with Gasteiger partial charge in [0.15, 0.2) is 0 Å². The monoisotopic (exact) mass is 274 g/mol. The maximum Gasteiger partial charge on any atom is 0.146 e. The highest BCUT2D eigenvalue weighted by Gasteiger charge is 2.39. The van der Waals surface area contributed by atoms with Gasteiger partial charge in [0.1, 0.15) is 12.1 Å². The first-order valence-electron chi connectivity index (χ1n) is 7.12. The average Bonchev–Trinajstić information content (AvgIpc) is 2.29. The van der Waals surface area contributed by atoms with Crippen LogP contribution in [0.4, 0.5) is 4.39 Å². The van der Waals surface area contributed by atoms with Gasteiger partial charge in [0, 0.05) is 5.57 Å². The fraction of sp³-hybridized carbons (Fsp3) is 0.500. The second kappa shape index (κ2) is 4.83. The van der Waals surface area contributed by atoms with Crippen LogP contribution in [-0.4, -0.2) is 6.29 Å². The van der Waals surface area contributed by atoms with E-state index in [1.54, 1.807) is 13.0 Å². The van der Waals surface area contributed by atoms with Gasteiger partial charge in [-0.3, -0.25) is 4.79 Å². The molecule has 0 aliphatic heterocycles. The maximum absolute atomic E-state index is 13.5. The Bertz CT molecular complexity index is 579. The van der Waals surface area contributed by atoms with Crippen LogP contribution in [0.5, 0.6) is 0 Å². The molecule has 0 saturated carbocycles. The topological polar surface area (TPSA) is 17.1 Å². The van der Waals surface area contributed by atoms with Gasteiger partial charge < -0.3 is 0 Å². The maximum atomic E-state index is 13.5. The molecule has 1 aliphatic rings. The number of hydrogen-bond donors (Lipinski definition) is 0. The molecule has 2 heteroatoms. The number of aldehydes is 1. The summed E-state index contributed by atoms with van der Waals surface area (Å²) in [5, 5.41) is 0. The van der Waals surface area contributed by atoms with E-state index in [1.165, 1.54) is 6.07 Å². The van der Waals surface area contributed by atoms with Gasteiger partial charge >= 0.3 is 0 Å². The SMILES string of the molecule is Cc1cc(C2=C(C=O)C(C)(C)CC(C)(C)C2)ccc1F. The van der Waals surface area contributed by atoms with Gasteiger partial charge in [-0.1, -0.05) is 33.8 Å². The molecule has 0 radical (unpaired) electrons. The molecule has 1 aromatic carbocycles. The van der Waals surface area contributed by atoms with Gasteiger partial charge in [-0.05, 0) is 59.4 Å². The molecule has 0 bridgehead atoms. The van der Waals surface area contributed by atoms with Crippen LogP contribution in [0.25, 0.3) is 5.57 Å². The number of hydrogen-bond acceptors (Lipinski definition) is 1. The number of halogens is 1. The Morgan fingerprint density at radius 2 is 1.85 bits per heavy atom. The van der Waals surface area contributed by atoms with E-state index in [9.17, 15) is 9.18 Å². The van der Waals surface area contributed by atoms with Crippen molar-refractivity contribution in [3.05, 3.63) is 40.7 Å². The minimum Gasteiger partial charge on any atom is -0.298 e. The number of allylic oxidation sites excluding steroid dienone is 2. The normalized spacial score (nSPS) is 20.9. The third-order valence-corrected chi connectivity index (χ3v) is 4.25. The Kier molecular flexibility index (Phi) is 3.62. The van der Waals surface area contributed by atoms with E-state index in [1.807, 2.05) is 6.07 Å². The summed E-state index contributed by atoms with van der Waals surface area (Å²) in [6.45, 7) is 10.5. The van der Waals surface area contributed by atoms with Crippen LogP contribution in [0.15, 0.2) is 23.8 Å². The number of rotatable bonds is 2. The zero-order valence-electron chi connectivity index (χ0n) is 13.0. The van der Waals surface area contributed by atoms with Gasteiger partial charge in [-0.2, -0.15) is 0 Å². The minimum atomic E-state index is -0.198. The summed E-state index contributed by atoms with van der Waals surface area (Å²) in [6.07, 6.45) is 2.83. The first kappa shape index (κ1) is 15.0. The summed E-state index contributed by atoms with van der Waals surface area (Å²) in [5.41, 5.74) is 3.55. The van der Waals surface area contributed by atoms with Crippen LogP contribution >= 0.6 is 0 Å². The van der Waals surface area contributed by atoms with Crippen LogP contribution in [0.3, 0.4) is 0 Å². The highest BCUT2D eigenvalue weighted by molar-refractivity contribution is 5.90. The van der Waals surface area contributed by atoms with Crippen LogP contribution in [-0.2, 0) is 4.79 Å². The molecule has 0 saturated heterocycles. The Labute approximate surface area is 120 Å². The van der Waals surface area contributed by atoms with E-state index in [4.69, 9.17) is 0 Å². The van der Waals surface area contributed by atoms with Crippen molar-refractivity contribution in [3.8, 4) is 0 Å². The Hall–Kier alpha value is -1.44. The molecule has 2 rings (SSSR count). The molecule has 0 N–H and O–H groups in total. The second-order valence-corrected chi connectivity index (χ2v) is 7.38. The van der Waals surface area contributed by atoms with E-state index in [0.29, 0.717) is 5.56 Å². The molecule has 108 valence electrons. The number of aryl methyl sites for hydroxylation is 1. The number of carbonyl (C=O) groups excluding carboxylic acids is 1. The first-order valence-corrected chi connectivity index (χ1v) is 7.12. The van der Waals surface area contributed by atoms with Crippen molar-refractivity contribution in [2.75, 3.05) is 0 Å². The first-order chi connectivity index (χ1) is 9.16. The molecule has 0 atom stereocenters. The summed E-state index contributed by atoms with van der Waals surface area (Å²) in [7, 11) is 0. The highest BCUT2D eigenvalue weighted by Crippen LogP contribution is 2.51. The third-order valence-electron chi connectivity index (χ3n) is 4.25.